The van der Waals surface area contributed by atoms with E-state index in [0.29, 0.717) is 43.2 Å². The predicted octanol–water partition coefficient (Wildman–Crippen LogP) is 2.03. The van der Waals surface area contributed by atoms with Gasteiger partial charge in [-0.25, -0.2) is 0 Å². The summed E-state index contributed by atoms with van der Waals surface area (Å²) >= 11 is 0. The first-order chi connectivity index (χ1) is 11.3. The van der Waals surface area contributed by atoms with Crippen LogP contribution < -0.4 is 9.47 Å². The van der Waals surface area contributed by atoms with Gasteiger partial charge in [0.05, 0.1) is 14.2 Å². The van der Waals surface area contributed by atoms with Crippen LogP contribution in [0.1, 0.15) is 31.1 Å². The van der Waals surface area contributed by atoms with E-state index in [2.05, 4.69) is 0 Å². The second-order valence-electron chi connectivity index (χ2n) is 6.87. The van der Waals surface area contributed by atoms with Crippen molar-refractivity contribution >= 4 is 11.8 Å². The molecular formula is C18H26N2O4. The summed E-state index contributed by atoms with van der Waals surface area (Å²) in [6, 6.07) is 5.28. The minimum absolute atomic E-state index is 0.115. The molecule has 1 aliphatic heterocycles. The van der Waals surface area contributed by atoms with Gasteiger partial charge in [-0.1, -0.05) is 26.8 Å². The number of methoxy groups -OCH3 is 2. The van der Waals surface area contributed by atoms with E-state index in [9.17, 15) is 9.59 Å². The van der Waals surface area contributed by atoms with Crippen molar-refractivity contribution in [1.82, 2.24) is 9.80 Å². The molecule has 1 fully saturated rings. The minimum atomic E-state index is -0.405. The molecule has 6 heteroatoms. The molecule has 132 valence electrons. The number of benzene rings is 1. The van der Waals surface area contributed by atoms with Crippen LogP contribution in [0.2, 0.25) is 0 Å². The Bertz CT molecular complexity index is 592. The summed E-state index contributed by atoms with van der Waals surface area (Å²) in [5.41, 5.74) is 0.0241. The maximum absolute atomic E-state index is 12.9. The van der Waals surface area contributed by atoms with Gasteiger partial charge >= 0.3 is 0 Å². The number of piperazine rings is 1. The summed E-state index contributed by atoms with van der Waals surface area (Å²) in [6.07, 6.45) is 0. The summed E-state index contributed by atoms with van der Waals surface area (Å²) in [5.74, 6) is 0.969. The zero-order valence-corrected chi connectivity index (χ0v) is 15.1. The smallest absolute Gasteiger partial charge is 0.261 e. The zero-order valence-electron chi connectivity index (χ0n) is 15.1. The third kappa shape index (κ3) is 3.63. The van der Waals surface area contributed by atoms with Gasteiger partial charge in [0.15, 0.2) is 0 Å². The van der Waals surface area contributed by atoms with Crippen LogP contribution in [0.5, 0.6) is 11.5 Å². The highest BCUT2D eigenvalue weighted by atomic mass is 16.5. The van der Waals surface area contributed by atoms with Gasteiger partial charge in [-0.15, -0.1) is 0 Å². The number of ether oxygens (including phenoxy) is 2. The standard InChI is InChI=1S/C18H26N2O4/c1-18(2,3)17(22)20-11-9-19(10-12-20)16(21)15-13(23-4)7-6-8-14(15)24-5/h6-8H,9-12H2,1-5H3. The van der Waals surface area contributed by atoms with Crippen molar-refractivity contribution in [1.29, 1.82) is 0 Å². The molecule has 2 rings (SSSR count). The van der Waals surface area contributed by atoms with Gasteiger partial charge in [-0.3, -0.25) is 9.59 Å². The molecular weight excluding hydrogens is 308 g/mol. The molecule has 0 atom stereocenters. The lowest BCUT2D eigenvalue weighted by atomic mass is 9.94. The van der Waals surface area contributed by atoms with Crippen molar-refractivity contribution in [3.05, 3.63) is 23.8 Å². The highest BCUT2D eigenvalue weighted by molar-refractivity contribution is 6.00. The lowest BCUT2D eigenvalue weighted by Gasteiger charge is -2.37. The van der Waals surface area contributed by atoms with Gasteiger partial charge in [0, 0.05) is 31.6 Å². The molecule has 1 aromatic carbocycles. The average molecular weight is 334 g/mol. The van der Waals surface area contributed by atoms with Crippen LogP contribution in [0.4, 0.5) is 0 Å². The highest BCUT2D eigenvalue weighted by Crippen LogP contribution is 2.30. The van der Waals surface area contributed by atoms with Gasteiger partial charge < -0.3 is 19.3 Å². The van der Waals surface area contributed by atoms with Crippen LogP contribution >= 0.6 is 0 Å². The Kier molecular flexibility index (Phi) is 5.36. The van der Waals surface area contributed by atoms with Gasteiger partial charge in [-0.2, -0.15) is 0 Å². The molecule has 0 unspecified atom stereocenters. The van der Waals surface area contributed by atoms with Crippen LogP contribution in [0, 0.1) is 5.41 Å². The second kappa shape index (κ2) is 7.11. The number of rotatable bonds is 3. The topological polar surface area (TPSA) is 59.1 Å². The lowest BCUT2D eigenvalue weighted by Crippen LogP contribution is -2.53. The number of amides is 2. The van der Waals surface area contributed by atoms with E-state index >= 15 is 0 Å². The highest BCUT2D eigenvalue weighted by Gasteiger charge is 2.32. The first-order valence-electron chi connectivity index (χ1n) is 8.09. The molecule has 6 nitrogen and oxygen atoms in total. The van der Waals surface area contributed by atoms with Crippen LogP contribution in [0.3, 0.4) is 0 Å². The van der Waals surface area contributed by atoms with Crippen molar-refractivity contribution < 1.29 is 19.1 Å². The third-order valence-corrected chi connectivity index (χ3v) is 4.14. The summed E-state index contributed by atoms with van der Waals surface area (Å²) in [4.78, 5) is 28.8. The molecule has 0 saturated carbocycles. The monoisotopic (exact) mass is 334 g/mol. The average Bonchev–Trinajstić information content (AvgIpc) is 2.59. The van der Waals surface area contributed by atoms with E-state index in [1.807, 2.05) is 25.7 Å². The Morgan fingerprint density at radius 3 is 1.79 bits per heavy atom. The molecule has 0 aliphatic carbocycles. The fraction of sp³-hybridized carbons (Fsp3) is 0.556. The van der Waals surface area contributed by atoms with Crippen molar-refractivity contribution in [3.8, 4) is 11.5 Å². The summed E-state index contributed by atoms with van der Waals surface area (Å²) in [5, 5.41) is 0. The Labute approximate surface area is 143 Å². The van der Waals surface area contributed by atoms with E-state index < -0.39 is 5.41 Å². The summed E-state index contributed by atoms with van der Waals surface area (Å²) in [6.45, 7) is 7.81. The van der Waals surface area contributed by atoms with E-state index in [1.165, 1.54) is 14.2 Å². The second-order valence-corrected chi connectivity index (χ2v) is 6.87. The molecule has 0 radical (unpaired) electrons. The fourth-order valence-electron chi connectivity index (χ4n) is 2.81. The van der Waals surface area contributed by atoms with Gasteiger partial charge in [0.2, 0.25) is 5.91 Å². The first kappa shape index (κ1) is 18.1. The number of hydrogen-bond donors (Lipinski definition) is 0. The van der Waals surface area contributed by atoms with E-state index in [-0.39, 0.29) is 11.8 Å². The van der Waals surface area contributed by atoms with Crippen LogP contribution in [-0.2, 0) is 4.79 Å². The molecule has 0 N–H and O–H groups in total. The van der Waals surface area contributed by atoms with Crippen LogP contribution in [0.15, 0.2) is 18.2 Å². The third-order valence-electron chi connectivity index (χ3n) is 4.14. The van der Waals surface area contributed by atoms with Crippen molar-refractivity contribution in [2.45, 2.75) is 20.8 Å². The van der Waals surface area contributed by atoms with Gasteiger partial charge in [0.25, 0.3) is 5.91 Å². The van der Waals surface area contributed by atoms with Crippen molar-refractivity contribution in [2.24, 2.45) is 5.41 Å². The van der Waals surface area contributed by atoms with E-state index in [1.54, 1.807) is 23.1 Å². The number of hydrogen-bond acceptors (Lipinski definition) is 4. The van der Waals surface area contributed by atoms with E-state index in [0.717, 1.165) is 0 Å². The Morgan fingerprint density at radius 1 is 0.917 bits per heavy atom. The van der Waals surface area contributed by atoms with Gasteiger partial charge in [-0.05, 0) is 12.1 Å². The van der Waals surface area contributed by atoms with Crippen LogP contribution in [0.25, 0.3) is 0 Å². The predicted molar refractivity (Wildman–Crippen MR) is 91.5 cm³/mol. The maximum Gasteiger partial charge on any atom is 0.261 e. The number of carbonyl (C=O) groups is 2. The maximum atomic E-state index is 12.9. The quantitative estimate of drug-likeness (QED) is 0.849. The number of carbonyl (C=O) groups excluding carboxylic acids is 2. The Balaban J connectivity index is 2.13. The summed E-state index contributed by atoms with van der Waals surface area (Å²) in [7, 11) is 3.07. The molecule has 0 bridgehead atoms. The molecule has 0 aromatic heterocycles. The molecule has 1 heterocycles. The molecule has 1 aliphatic rings. The summed E-state index contributed by atoms with van der Waals surface area (Å²) < 4.78 is 10.6. The largest absolute Gasteiger partial charge is 0.496 e. The number of nitrogens with zero attached hydrogens (tertiary/aromatic N) is 2. The molecule has 1 saturated heterocycles. The van der Waals surface area contributed by atoms with E-state index in [4.69, 9.17) is 9.47 Å². The lowest BCUT2D eigenvalue weighted by molar-refractivity contribution is -0.140. The molecule has 24 heavy (non-hydrogen) atoms. The minimum Gasteiger partial charge on any atom is -0.496 e. The zero-order chi connectivity index (χ0) is 17.9. The fourth-order valence-corrected chi connectivity index (χ4v) is 2.81. The molecule has 1 aromatic rings. The molecule has 0 spiro atoms. The van der Waals surface area contributed by atoms with Crippen LogP contribution in [-0.4, -0.2) is 62.0 Å². The van der Waals surface area contributed by atoms with Gasteiger partial charge in [0.1, 0.15) is 17.1 Å². The SMILES string of the molecule is COc1cccc(OC)c1C(=O)N1CCN(C(=O)C(C)(C)C)CC1. The van der Waals surface area contributed by atoms with Crippen molar-refractivity contribution in [2.75, 3.05) is 40.4 Å². The Morgan fingerprint density at radius 2 is 1.38 bits per heavy atom. The van der Waals surface area contributed by atoms with Crippen molar-refractivity contribution in [3.63, 3.8) is 0 Å². The normalized spacial score (nSPS) is 15.2. The first-order valence-corrected chi connectivity index (χ1v) is 8.09. The Hall–Kier alpha value is -2.24. The molecule has 2 amide bonds.